The number of urea groups is 1. The zero-order valence-corrected chi connectivity index (χ0v) is 57.0. The molecular formula is C68H101N9O23. The highest BCUT2D eigenvalue weighted by Crippen LogP contribution is 2.28. The summed E-state index contributed by atoms with van der Waals surface area (Å²) in [5.74, 6) is -14.0. The number of carbonyl (C=O) groups excluding carboxylic acids is 6. The van der Waals surface area contributed by atoms with E-state index < -0.39 is 146 Å². The zero-order valence-electron chi connectivity index (χ0n) is 57.0. The molecule has 2 aromatic carbocycles. The van der Waals surface area contributed by atoms with Gasteiger partial charge < -0.3 is 72.5 Å². The quantitative estimate of drug-likeness (QED) is 0.0424. The molecule has 14 N–H and O–H groups in total. The number of hydrogen-bond acceptors (Lipinski definition) is 19. The van der Waals surface area contributed by atoms with E-state index in [1.807, 2.05) is 13.8 Å². The topological polar surface area (TPSA) is 494 Å². The summed E-state index contributed by atoms with van der Waals surface area (Å²) in [7, 11) is 0. The molecule has 3 rings (SSSR count). The van der Waals surface area contributed by atoms with Crippen molar-refractivity contribution in [3.8, 4) is 5.75 Å². The van der Waals surface area contributed by atoms with E-state index >= 15 is 0 Å². The number of ketones is 2. The lowest BCUT2D eigenvalue weighted by molar-refractivity contribution is -0.145. The molecule has 100 heavy (non-hydrogen) atoms. The number of carboxylic acids is 8. The van der Waals surface area contributed by atoms with E-state index in [-0.39, 0.29) is 140 Å². The number of carbonyl (C=O) groups is 14. The van der Waals surface area contributed by atoms with E-state index in [0.29, 0.717) is 74.5 Å². The van der Waals surface area contributed by atoms with Crippen molar-refractivity contribution in [2.75, 3.05) is 78.5 Å². The Hall–Kier alpha value is -9.14. The normalized spacial score (nSPS) is 15.4. The van der Waals surface area contributed by atoms with Crippen molar-refractivity contribution < 1.29 is 113 Å². The average Bonchev–Trinajstić information content (AvgIpc) is 0.856. The standard InChI is InChI=1S/C68H101N9O23/c1-44(2)49-38-46(22-25-55(49)79)39-53(70-58(82)26-24-54(67(98)99)77-35-33-75(42-61(87)88)31-29-74(41-60(85)86)30-32-76(34-36-77)43-62(89)90)56(80)40-47(37-45-15-7-5-8-16-45)63(91)71-50(64(92)93)20-13-14-28-69-57(81)21-12-4-3-9-17-48(78)18-10-6-11-19-51(65(94)95)72-68(100)73-52(66(96)97)23-27-59(83)84/h5,7-8,15-16,22,25,38,44,47,50-54,79H,3-4,6,9-14,17-21,23-24,26-37,39-43H2,1-2H3,(H,69,81)(H,70,82)(H,71,91)(H,83,84)(H,85,86)(H,87,88)(H,89,90)(H,92,93)(H,94,95)(H,96,97)(H,98,99)(H2,72,73,100)/t47-,50+,51-,52-,53+,54-/m0/s1. The summed E-state index contributed by atoms with van der Waals surface area (Å²) in [4.78, 5) is 182. The Kier molecular flexibility index (Phi) is 39.4. The Balaban J connectivity index is 1.61. The van der Waals surface area contributed by atoms with Crippen molar-refractivity contribution in [2.24, 2.45) is 5.92 Å². The molecule has 1 fully saturated rings. The van der Waals surface area contributed by atoms with Crippen molar-refractivity contribution in [3.63, 3.8) is 0 Å². The highest BCUT2D eigenvalue weighted by atomic mass is 16.4. The van der Waals surface area contributed by atoms with E-state index in [0.717, 1.165) is 0 Å². The number of Topliss-reactive ketones (excluding diaryl/α,β-unsaturated/α-hetero) is 2. The fraction of sp³-hybridized carbons (Fsp3) is 0.618. The molecule has 32 heteroatoms. The lowest BCUT2D eigenvalue weighted by Gasteiger charge is -2.35. The summed E-state index contributed by atoms with van der Waals surface area (Å²) >= 11 is 0. The molecule has 556 valence electrons. The largest absolute Gasteiger partial charge is 0.508 e. The monoisotopic (exact) mass is 1410 g/mol. The first-order chi connectivity index (χ1) is 47.4. The van der Waals surface area contributed by atoms with Crippen LogP contribution in [0.1, 0.15) is 158 Å². The third-order valence-corrected chi connectivity index (χ3v) is 17.1. The van der Waals surface area contributed by atoms with Crippen molar-refractivity contribution in [1.29, 1.82) is 0 Å². The first kappa shape index (κ1) is 85.1. The lowest BCUT2D eigenvalue weighted by Crippen LogP contribution is -2.52. The Morgan fingerprint density at radius 1 is 0.440 bits per heavy atom. The number of aromatic hydroxyl groups is 1. The van der Waals surface area contributed by atoms with Gasteiger partial charge in [0.15, 0.2) is 5.78 Å². The second-order valence-corrected chi connectivity index (χ2v) is 25.5. The molecule has 0 aliphatic carbocycles. The van der Waals surface area contributed by atoms with Crippen LogP contribution in [0.15, 0.2) is 48.5 Å². The van der Waals surface area contributed by atoms with Crippen LogP contribution in [0.25, 0.3) is 0 Å². The van der Waals surface area contributed by atoms with Crippen LogP contribution in [0.3, 0.4) is 0 Å². The van der Waals surface area contributed by atoms with E-state index in [4.69, 9.17) is 5.11 Å². The summed E-state index contributed by atoms with van der Waals surface area (Å²) in [6.07, 6.45) is 2.84. The van der Waals surface area contributed by atoms with E-state index in [1.165, 1.54) is 20.8 Å². The molecule has 0 saturated carbocycles. The molecule has 1 saturated heterocycles. The summed E-state index contributed by atoms with van der Waals surface area (Å²) in [6.45, 7) is 2.89. The van der Waals surface area contributed by atoms with Gasteiger partial charge in [-0.15, -0.1) is 0 Å². The molecule has 5 amide bonds. The fourth-order valence-corrected chi connectivity index (χ4v) is 11.5. The van der Waals surface area contributed by atoms with Crippen molar-refractivity contribution >= 4 is 83.1 Å². The second-order valence-electron chi connectivity index (χ2n) is 25.5. The SMILES string of the molecule is CC(C)c1cc(C[C@@H](NC(=O)CC[C@@H](C(=O)O)N2CCN(CC(=O)O)CCN(CC(=O)O)CCN(CC(=O)O)CC2)C(=O)C[C@H](Cc2ccccc2)C(=O)N[C@H](CCCCNC(=O)CCCCCCC(=O)CCCCC[C@H](NC(=O)N[C@@H](CCC(=O)O)C(=O)O)C(=O)O)C(=O)O)ccc1O. The van der Waals surface area contributed by atoms with Gasteiger partial charge in [-0.05, 0) is 99.3 Å². The Morgan fingerprint density at radius 3 is 1.43 bits per heavy atom. The number of phenolic OH excluding ortho intramolecular Hbond substituents is 1. The molecule has 0 bridgehead atoms. The van der Waals surface area contributed by atoms with Crippen LogP contribution in [-0.4, -0.2) is 257 Å². The molecule has 0 unspecified atom stereocenters. The molecule has 1 aliphatic rings. The van der Waals surface area contributed by atoms with Crippen molar-refractivity contribution in [2.45, 2.75) is 185 Å². The summed E-state index contributed by atoms with van der Waals surface area (Å²) in [6, 6.07) is 5.30. The van der Waals surface area contributed by atoms with Crippen LogP contribution in [0.5, 0.6) is 5.75 Å². The average molecular weight is 1410 g/mol. The Bertz CT molecular complexity index is 3010. The van der Waals surface area contributed by atoms with Gasteiger partial charge in [0.1, 0.15) is 35.7 Å². The van der Waals surface area contributed by atoms with Crippen LogP contribution in [-0.2, 0) is 75.2 Å². The molecule has 6 atom stereocenters. The third kappa shape index (κ3) is 35.6. The second kappa shape index (κ2) is 46.3. The molecule has 2 aromatic rings. The summed E-state index contributed by atoms with van der Waals surface area (Å²) in [5, 5.41) is 101. The van der Waals surface area contributed by atoms with Gasteiger partial charge in [-0.2, -0.15) is 0 Å². The molecule has 1 heterocycles. The predicted molar refractivity (Wildman–Crippen MR) is 359 cm³/mol. The predicted octanol–water partition coefficient (Wildman–Crippen LogP) is 2.86. The van der Waals surface area contributed by atoms with Crippen LogP contribution in [0.2, 0.25) is 0 Å². The van der Waals surface area contributed by atoms with E-state index in [9.17, 15) is 108 Å². The molecule has 0 aromatic heterocycles. The number of phenols is 1. The van der Waals surface area contributed by atoms with Gasteiger partial charge in [-0.3, -0.25) is 67.5 Å². The number of amides is 5. The van der Waals surface area contributed by atoms with Crippen molar-refractivity contribution in [3.05, 3.63) is 65.2 Å². The number of aliphatic carboxylic acids is 8. The summed E-state index contributed by atoms with van der Waals surface area (Å²) in [5.41, 5.74) is 1.71. The lowest BCUT2D eigenvalue weighted by atomic mass is 9.88. The van der Waals surface area contributed by atoms with Gasteiger partial charge >= 0.3 is 53.8 Å². The van der Waals surface area contributed by atoms with Gasteiger partial charge in [-0.1, -0.05) is 82.0 Å². The maximum Gasteiger partial charge on any atom is 0.326 e. The Labute approximate surface area is 580 Å². The van der Waals surface area contributed by atoms with Gasteiger partial charge in [-0.25, -0.2) is 19.2 Å². The molecule has 1 aliphatic heterocycles. The number of benzene rings is 2. The maximum atomic E-state index is 14.8. The minimum atomic E-state index is -1.53. The van der Waals surface area contributed by atoms with Crippen molar-refractivity contribution in [1.82, 2.24) is 46.2 Å². The number of carboxylic acid groups (broad SMARTS) is 8. The fourth-order valence-electron chi connectivity index (χ4n) is 11.5. The van der Waals surface area contributed by atoms with Crippen LogP contribution < -0.4 is 26.6 Å². The van der Waals surface area contributed by atoms with Gasteiger partial charge in [0.05, 0.1) is 25.7 Å². The minimum absolute atomic E-state index is 0.00382. The first-order valence-electron chi connectivity index (χ1n) is 33.9. The molecular weight excluding hydrogens is 1310 g/mol. The number of unbranched alkanes of at least 4 members (excludes halogenated alkanes) is 6. The molecule has 0 spiro atoms. The smallest absolute Gasteiger partial charge is 0.326 e. The number of rotatable bonds is 48. The van der Waals surface area contributed by atoms with Gasteiger partial charge in [0, 0.05) is 103 Å². The minimum Gasteiger partial charge on any atom is -0.508 e. The van der Waals surface area contributed by atoms with E-state index in [1.54, 1.807) is 47.4 Å². The highest BCUT2D eigenvalue weighted by Gasteiger charge is 2.34. The van der Waals surface area contributed by atoms with Crippen LogP contribution in [0.4, 0.5) is 4.79 Å². The van der Waals surface area contributed by atoms with E-state index in [2.05, 4.69) is 26.6 Å². The number of hydrogen-bond donors (Lipinski definition) is 14. The molecule has 0 radical (unpaired) electrons. The maximum absolute atomic E-state index is 14.8. The van der Waals surface area contributed by atoms with Gasteiger partial charge in [0.2, 0.25) is 17.7 Å². The number of nitrogens with zero attached hydrogens (tertiary/aromatic N) is 4. The third-order valence-electron chi connectivity index (χ3n) is 17.1. The van der Waals surface area contributed by atoms with Crippen LogP contribution in [0, 0.1) is 5.92 Å². The zero-order chi connectivity index (χ0) is 74.3. The Morgan fingerprint density at radius 2 is 0.930 bits per heavy atom. The molecule has 32 nitrogen and oxygen atoms in total. The highest BCUT2D eigenvalue weighted by molar-refractivity contribution is 5.94. The van der Waals surface area contributed by atoms with Crippen LogP contribution >= 0.6 is 0 Å². The summed E-state index contributed by atoms with van der Waals surface area (Å²) < 4.78 is 0. The van der Waals surface area contributed by atoms with Gasteiger partial charge in [0.25, 0.3) is 0 Å². The number of nitrogens with one attached hydrogen (secondary N) is 5. The first-order valence-corrected chi connectivity index (χ1v) is 33.9.